The van der Waals surface area contributed by atoms with Crippen LogP contribution in [0.3, 0.4) is 0 Å². The molecular formula is C21H29FN4O4S. The highest BCUT2D eigenvalue weighted by molar-refractivity contribution is 7.91. The van der Waals surface area contributed by atoms with Crippen LogP contribution in [0.2, 0.25) is 0 Å². The van der Waals surface area contributed by atoms with Crippen molar-refractivity contribution in [1.29, 1.82) is 0 Å². The molecule has 31 heavy (non-hydrogen) atoms. The van der Waals surface area contributed by atoms with Crippen molar-refractivity contribution >= 4 is 15.7 Å². The molecule has 0 bridgehead atoms. The molecule has 3 rings (SSSR count). The Labute approximate surface area is 182 Å². The number of rotatable bonds is 9. The minimum atomic E-state index is -3.62. The smallest absolute Gasteiger partial charge is 0.315 e. The third-order valence-electron chi connectivity index (χ3n) is 5.54. The Balaban J connectivity index is 1.45. The molecule has 0 spiro atoms. The molecule has 0 radical (unpaired) electrons. The highest BCUT2D eigenvalue weighted by Crippen LogP contribution is 2.15. The second-order valence-corrected chi connectivity index (χ2v) is 9.99. The zero-order valence-electron chi connectivity index (χ0n) is 17.7. The average molecular weight is 453 g/mol. The number of aryl methyl sites for hydroxylation is 1. The Kier molecular flexibility index (Phi) is 8.14. The van der Waals surface area contributed by atoms with Gasteiger partial charge in [-0.2, -0.15) is 4.98 Å². The zero-order valence-corrected chi connectivity index (χ0v) is 18.5. The molecule has 1 aromatic carbocycles. The molecule has 170 valence electrons. The van der Waals surface area contributed by atoms with E-state index in [2.05, 4.69) is 27.3 Å². The maximum atomic E-state index is 13.0. The quantitative estimate of drug-likeness (QED) is 0.583. The molecule has 1 unspecified atom stereocenters. The van der Waals surface area contributed by atoms with Crippen LogP contribution in [0.15, 0.2) is 33.7 Å². The normalized spacial score (nSPS) is 16.6. The van der Waals surface area contributed by atoms with E-state index >= 15 is 0 Å². The number of benzene rings is 1. The zero-order chi connectivity index (χ0) is 22.3. The number of carbonyl (C=O) groups is 1. The highest BCUT2D eigenvalue weighted by atomic mass is 32.2. The van der Waals surface area contributed by atoms with Crippen LogP contribution in [0.5, 0.6) is 0 Å². The second kappa shape index (κ2) is 10.8. The Bertz CT molecular complexity index is 954. The van der Waals surface area contributed by atoms with Crippen LogP contribution in [0.1, 0.15) is 55.5 Å². The largest absolute Gasteiger partial charge is 0.348 e. The molecule has 1 aromatic heterocycles. The number of carbonyl (C=O) groups excluding carboxylic acids is 1. The summed E-state index contributed by atoms with van der Waals surface area (Å²) in [5, 5.41) is 6.48. The predicted octanol–water partition coefficient (Wildman–Crippen LogP) is 2.61. The van der Waals surface area contributed by atoms with Gasteiger partial charge in [-0.25, -0.2) is 12.8 Å². The first-order chi connectivity index (χ1) is 14.8. The van der Waals surface area contributed by atoms with Crippen molar-refractivity contribution in [3.63, 3.8) is 0 Å². The van der Waals surface area contributed by atoms with Crippen molar-refractivity contribution in [2.45, 2.75) is 56.4 Å². The van der Waals surface area contributed by atoms with Gasteiger partial charge < -0.3 is 14.7 Å². The first kappa shape index (κ1) is 23.3. The number of hydrogen-bond donors (Lipinski definition) is 1. The predicted molar refractivity (Wildman–Crippen MR) is 113 cm³/mol. The van der Waals surface area contributed by atoms with Crippen molar-refractivity contribution in [3.05, 3.63) is 41.8 Å². The lowest BCUT2D eigenvalue weighted by atomic mass is 10.2. The maximum absolute atomic E-state index is 13.0. The number of nitrogens with one attached hydrogen (secondary N) is 1. The van der Waals surface area contributed by atoms with Gasteiger partial charge in [0.25, 0.3) is 0 Å². The lowest BCUT2D eigenvalue weighted by molar-refractivity contribution is 0.0904. The minimum Gasteiger partial charge on any atom is -0.348 e. The Morgan fingerprint density at radius 1 is 1.19 bits per heavy atom. The summed E-state index contributed by atoms with van der Waals surface area (Å²) >= 11 is 0. The third-order valence-corrected chi connectivity index (χ3v) is 7.27. The van der Waals surface area contributed by atoms with Gasteiger partial charge in [-0.15, -0.1) is 0 Å². The van der Waals surface area contributed by atoms with Crippen LogP contribution in [-0.2, 0) is 16.3 Å². The summed E-state index contributed by atoms with van der Waals surface area (Å²) in [6.45, 7) is 4.86. The fourth-order valence-electron chi connectivity index (χ4n) is 3.62. The minimum absolute atomic E-state index is 0.0114. The third kappa shape index (κ3) is 6.83. The van der Waals surface area contributed by atoms with Gasteiger partial charge in [-0.1, -0.05) is 18.0 Å². The Morgan fingerprint density at radius 2 is 1.87 bits per heavy atom. The molecule has 1 atom stereocenters. The summed E-state index contributed by atoms with van der Waals surface area (Å²) in [7, 11) is -3.62. The topological polar surface area (TPSA) is 105 Å². The summed E-state index contributed by atoms with van der Waals surface area (Å²) in [4.78, 5) is 18.7. The van der Waals surface area contributed by atoms with Crippen molar-refractivity contribution in [3.8, 4) is 0 Å². The SMILES string of the molecule is CC(CCNC(=O)c1nc(CCS(=O)(=O)c2ccc(F)cc2)no1)N1CCCCCC1. The van der Waals surface area contributed by atoms with Gasteiger partial charge in [0.2, 0.25) is 0 Å². The van der Waals surface area contributed by atoms with E-state index in [-0.39, 0.29) is 28.8 Å². The van der Waals surface area contributed by atoms with Gasteiger partial charge in [-0.3, -0.25) is 4.79 Å². The average Bonchev–Trinajstić information content (AvgIpc) is 3.06. The van der Waals surface area contributed by atoms with E-state index in [1.807, 2.05) is 0 Å². The molecule has 1 N–H and O–H groups in total. The van der Waals surface area contributed by atoms with E-state index in [1.165, 1.54) is 37.8 Å². The van der Waals surface area contributed by atoms with Crippen LogP contribution in [0.4, 0.5) is 4.39 Å². The van der Waals surface area contributed by atoms with E-state index in [4.69, 9.17) is 4.52 Å². The lowest BCUT2D eigenvalue weighted by Gasteiger charge is -2.27. The highest BCUT2D eigenvalue weighted by Gasteiger charge is 2.20. The molecule has 1 fully saturated rings. The number of sulfone groups is 1. The van der Waals surface area contributed by atoms with Gasteiger partial charge in [0.1, 0.15) is 5.82 Å². The van der Waals surface area contributed by atoms with Crippen LogP contribution in [0.25, 0.3) is 0 Å². The van der Waals surface area contributed by atoms with Gasteiger partial charge in [0.05, 0.1) is 10.6 Å². The summed E-state index contributed by atoms with van der Waals surface area (Å²) in [6, 6.07) is 5.00. The van der Waals surface area contributed by atoms with E-state index in [0.717, 1.165) is 31.6 Å². The molecule has 1 aliphatic heterocycles. The van der Waals surface area contributed by atoms with Crippen LogP contribution in [-0.4, -0.2) is 60.8 Å². The van der Waals surface area contributed by atoms with Crippen molar-refractivity contribution < 1.29 is 22.1 Å². The number of hydrogen-bond acceptors (Lipinski definition) is 7. The lowest BCUT2D eigenvalue weighted by Crippen LogP contribution is -2.37. The summed E-state index contributed by atoms with van der Waals surface area (Å²) in [5.74, 6) is -1.30. The molecule has 8 nitrogen and oxygen atoms in total. The molecule has 0 saturated carbocycles. The molecular weight excluding hydrogens is 423 g/mol. The van der Waals surface area contributed by atoms with E-state index in [9.17, 15) is 17.6 Å². The van der Waals surface area contributed by atoms with Gasteiger partial charge >= 0.3 is 11.8 Å². The Morgan fingerprint density at radius 3 is 2.55 bits per heavy atom. The van der Waals surface area contributed by atoms with Crippen LogP contribution in [0, 0.1) is 5.82 Å². The molecule has 1 aliphatic rings. The van der Waals surface area contributed by atoms with E-state index < -0.39 is 21.6 Å². The summed E-state index contributed by atoms with van der Waals surface area (Å²) in [5.41, 5.74) is 0. The maximum Gasteiger partial charge on any atom is 0.315 e. The molecule has 1 amide bonds. The summed E-state index contributed by atoms with van der Waals surface area (Å²) < 4.78 is 42.6. The van der Waals surface area contributed by atoms with E-state index in [0.29, 0.717) is 12.6 Å². The number of nitrogens with zero attached hydrogens (tertiary/aromatic N) is 3. The Hall–Kier alpha value is -2.33. The van der Waals surface area contributed by atoms with Gasteiger partial charge in [0, 0.05) is 19.0 Å². The van der Waals surface area contributed by atoms with Crippen molar-refractivity contribution in [1.82, 2.24) is 20.4 Å². The molecule has 10 heteroatoms. The van der Waals surface area contributed by atoms with Crippen molar-refractivity contribution in [2.24, 2.45) is 0 Å². The first-order valence-electron chi connectivity index (χ1n) is 10.7. The van der Waals surface area contributed by atoms with Crippen LogP contribution < -0.4 is 5.32 Å². The fraction of sp³-hybridized carbons (Fsp3) is 0.571. The number of amides is 1. The van der Waals surface area contributed by atoms with Gasteiger partial charge in [0.15, 0.2) is 15.7 Å². The number of likely N-dealkylation sites (tertiary alicyclic amines) is 1. The molecule has 1 saturated heterocycles. The first-order valence-corrected chi connectivity index (χ1v) is 12.3. The molecule has 0 aliphatic carbocycles. The van der Waals surface area contributed by atoms with E-state index in [1.54, 1.807) is 0 Å². The second-order valence-electron chi connectivity index (χ2n) is 7.88. The van der Waals surface area contributed by atoms with Crippen LogP contribution >= 0.6 is 0 Å². The van der Waals surface area contributed by atoms with Gasteiger partial charge in [-0.05, 0) is 63.5 Å². The number of aromatic nitrogens is 2. The van der Waals surface area contributed by atoms with Crippen molar-refractivity contribution in [2.75, 3.05) is 25.4 Å². The molecule has 2 aromatic rings. The summed E-state index contributed by atoms with van der Waals surface area (Å²) in [6.07, 6.45) is 5.82. The monoisotopic (exact) mass is 452 g/mol. The number of halogens is 1. The standard InChI is InChI=1S/C21H29FN4O4S/c1-16(26-13-4-2-3-5-14-26)10-12-23-20(27)21-24-19(25-30-21)11-15-31(28,29)18-8-6-17(22)7-9-18/h6-9,16H,2-5,10-15H2,1H3,(H,23,27). The fourth-order valence-corrected chi connectivity index (χ4v) is 4.86. The molecule has 2 heterocycles.